The van der Waals surface area contributed by atoms with Gasteiger partial charge in [0, 0.05) is 29.2 Å². The molecule has 0 spiro atoms. The molecule has 4 aromatic rings. The Morgan fingerprint density at radius 3 is 2.24 bits per heavy atom. The molecule has 3 N–H and O–H groups in total. The van der Waals surface area contributed by atoms with Crippen molar-refractivity contribution in [3.05, 3.63) is 77.1 Å². The Morgan fingerprint density at radius 2 is 1.58 bits per heavy atom. The maximum atomic E-state index is 12.4. The number of nitrogens with one attached hydrogen (secondary N) is 3. The van der Waals surface area contributed by atoms with E-state index in [1.807, 2.05) is 63.2 Å². The third-order valence-corrected chi connectivity index (χ3v) is 4.97. The third-order valence-electron chi connectivity index (χ3n) is 4.97. The maximum absolute atomic E-state index is 12.4. The van der Waals surface area contributed by atoms with Crippen LogP contribution in [0, 0.1) is 27.7 Å². The smallest absolute Gasteiger partial charge is 0.228 e. The van der Waals surface area contributed by atoms with Gasteiger partial charge in [-0.2, -0.15) is 0 Å². The van der Waals surface area contributed by atoms with Gasteiger partial charge >= 0.3 is 0 Å². The zero-order chi connectivity index (χ0) is 23.4. The highest BCUT2D eigenvalue weighted by atomic mass is 16.5. The monoisotopic (exact) mass is 443 g/mol. The summed E-state index contributed by atoms with van der Waals surface area (Å²) in [5, 5.41) is 13.3. The van der Waals surface area contributed by atoms with Gasteiger partial charge in [0.15, 0.2) is 0 Å². The van der Waals surface area contributed by atoms with Crippen molar-refractivity contribution >= 4 is 34.7 Å². The molecule has 0 bridgehead atoms. The van der Waals surface area contributed by atoms with E-state index in [0.717, 1.165) is 28.3 Å². The van der Waals surface area contributed by atoms with Crippen LogP contribution in [0.1, 0.15) is 28.4 Å². The molecule has 0 aliphatic rings. The molecule has 0 saturated carbocycles. The van der Waals surface area contributed by atoms with Gasteiger partial charge in [0.2, 0.25) is 5.91 Å². The summed E-state index contributed by atoms with van der Waals surface area (Å²) in [6, 6.07) is 13.1. The number of anilines is 5. The number of hydrogen-bond donors (Lipinski definition) is 3. The maximum Gasteiger partial charge on any atom is 0.228 e. The van der Waals surface area contributed by atoms with Gasteiger partial charge in [-0.25, -0.2) is 15.0 Å². The minimum Gasteiger partial charge on any atom is -0.361 e. The van der Waals surface area contributed by atoms with Crippen LogP contribution in [0.4, 0.5) is 28.8 Å². The minimum absolute atomic E-state index is 0.128. The Morgan fingerprint density at radius 1 is 0.879 bits per heavy atom. The standard InChI is InChI=1S/C24H25N7O2/c1-14-9-10-25-21(11-14)30-23-13-22(26-17(4)27-23)28-18-5-7-19(8-6-18)29-24(32)12-20-15(2)31-33-16(20)3/h5-11,13H,12H2,1-4H3,(H,29,32)(H2,25,26,27,28,30). The number of rotatable bonds is 7. The van der Waals surface area contributed by atoms with E-state index in [1.165, 1.54) is 0 Å². The summed E-state index contributed by atoms with van der Waals surface area (Å²) in [7, 11) is 0. The van der Waals surface area contributed by atoms with Gasteiger partial charge < -0.3 is 20.5 Å². The van der Waals surface area contributed by atoms with Crippen LogP contribution in [-0.2, 0) is 11.2 Å². The van der Waals surface area contributed by atoms with Gasteiger partial charge in [0.05, 0.1) is 12.1 Å². The van der Waals surface area contributed by atoms with Crippen molar-refractivity contribution in [2.75, 3.05) is 16.0 Å². The average Bonchev–Trinajstić information content (AvgIpc) is 3.07. The van der Waals surface area contributed by atoms with Crippen molar-refractivity contribution < 1.29 is 9.32 Å². The van der Waals surface area contributed by atoms with Crippen LogP contribution in [-0.4, -0.2) is 26.0 Å². The molecule has 0 atom stereocenters. The van der Waals surface area contributed by atoms with Gasteiger partial charge in [-0.3, -0.25) is 4.79 Å². The van der Waals surface area contributed by atoms with Crippen LogP contribution in [0.2, 0.25) is 0 Å². The molecule has 3 aromatic heterocycles. The summed E-state index contributed by atoms with van der Waals surface area (Å²) in [5.41, 5.74) is 4.18. The minimum atomic E-state index is -0.128. The molecule has 168 valence electrons. The van der Waals surface area contributed by atoms with Crippen LogP contribution in [0.5, 0.6) is 0 Å². The number of aromatic nitrogens is 4. The lowest BCUT2D eigenvalue weighted by molar-refractivity contribution is -0.115. The number of amides is 1. The predicted octanol–water partition coefficient (Wildman–Crippen LogP) is 4.76. The second-order valence-corrected chi connectivity index (χ2v) is 7.76. The summed E-state index contributed by atoms with van der Waals surface area (Å²) < 4.78 is 5.12. The van der Waals surface area contributed by atoms with E-state index < -0.39 is 0 Å². The van der Waals surface area contributed by atoms with Crippen LogP contribution in [0.25, 0.3) is 0 Å². The van der Waals surface area contributed by atoms with Crippen molar-refractivity contribution in [1.82, 2.24) is 20.1 Å². The molecule has 4 rings (SSSR count). The zero-order valence-electron chi connectivity index (χ0n) is 18.9. The molecule has 0 aliphatic carbocycles. The molecule has 0 radical (unpaired) electrons. The first-order valence-electron chi connectivity index (χ1n) is 10.5. The predicted molar refractivity (Wildman–Crippen MR) is 127 cm³/mol. The molecular weight excluding hydrogens is 418 g/mol. The number of nitrogens with zero attached hydrogens (tertiary/aromatic N) is 4. The van der Waals surface area contributed by atoms with Crippen molar-refractivity contribution in [2.24, 2.45) is 0 Å². The van der Waals surface area contributed by atoms with Crippen LogP contribution in [0.3, 0.4) is 0 Å². The summed E-state index contributed by atoms with van der Waals surface area (Å²) in [4.78, 5) is 25.6. The average molecular weight is 444 g/mol. The molecule has 0 saturated heterocycles. The fourth-order valence-electron chi connectivity index (χ4n) is 3.34. The highest BCUT2D eigenvalue weighted by molar-refractivity contribution is 5.92. The van der Waals surface area contributed by atoms with E-state index in [9.17, 15) is 4.79 Å². The molecule has 0 fully saturated rings. The van der Waals surface area contributed by atoms with E-state index in [0.29, 0.717) is 28.9 Å². The Bertz CT molecular complexity index is 1260. The first kappa shape index (κ1) is 21.9. The first-order valence-corrected chi connectivity index (χ1v) is 10.5. The molecular formula is C24H25N7O2. The molecule has 33 heavy (non-hydrogen) atoms. The van der Waals surface area contributed by atoms with E-state index in [4.69, 9.17) is 4.52 Å². The van der Waals surface area contributed by atoms with Crippen LogP contribution < -0.4 is 16.0 Å². The molecule has 0 aliphatic heterocycles. The fraction of sp³-hybridized carbons (Fsp3) is 0.208. The van der Waals surface area contributed by atoms with Crippen LogP contribution >= 0.6 is 0 Å². The van der Waals surface area contributed by atoms with Gasteiger partial charge in [0.1, 0.15) is 29.0 Å². The Hall–Kier alpha value is -4.27. The van der Waals surface area contributed by atoms with Crippen LogP contribution in [0.15, 0.2) is 53.2 Å². The number of hydrogen-bond acceptors (Lipinski definition) is 8. The van der Waals surface area contributed by atoms with Gasteiger partial charge in [-0.15, -0.1) is 0 Å². The lowest BCUT2D eigenvalue weighted by Gasteiger charge is -2.11. The summed E-state index contributed by atoms with van der Waals surface area (Å²) in [6.45, 7) is 7.47. The second-order valence-electron chi connectivity index (χ2n) is 7.76. The highest BCUT2D eigenvalue weighted by Gasteiger charge is 2.13. The third kappa shape index (κ3) is 5.70. The SMILES string of the molecule is Cc1ccnc(Nc2cc(Nc3ccc(NC(=O)Cc4c(C)noc4C)cc3)nc(C)n2)c1. The van der Waals surface area contributed by atoms with Crippen molar-refractivity contribution in [3.8, 4) is 0 Å². The Kier molecular flexibility index (Phi) is 6.30. The Balaban J connectivity index is 1.40. The molecule has 0 unspecified atom stereocenters. The Labute approximate surface area is 191 Å². The number of benzene rings is 1. The molecule has 1 aromatic carbocycles. The summed E-state index contributed by atoms with van der Waals surface area (Å²) >= 11 is 0. The number of carbonyl (C=O) groups is 1. The van der Waals surface area contributed by atoms with Gasteiger partial charge in [-0.1, -0.05) is 5.16 Å². The van der Waals surface area contributed by atoms with E-state index in [1.54, 1.807) is 13.1 Å². The molecule has 9 heteroatoms. The summed E-state index contributed by atoms with van der Waals surface area (Å²) in [6.07, 6.45) is 1.96. The van der Waals surface area contributed by atoms with Gasteiger partial charge in [-0.05, 0) is 69.7 Å². The van der Waals surface area contributed by atoms with E-state index in [2.05, 4.69) is 36.1 Å². The van der Waals surface area contributed by atoms with Crippen molar-refractivity contribution in [2.45, 2.75) is 34.1 Å². The lowest BCUT2D eigenvalue weighted by Crippen LogP contribution is -2.15. The molecule has 3 heterocycles. The number of pyridine rings is 1. The summed E-state index contributed by atoms with van der Waals surface area (Å²) in [5.74, 6) is 3.17. The fourth-order valence-corrected chi connectivity index (χ4v) is 3.34. The molecule has 9 nitrogen and oxygen atoms in total. The molecule has 1 amide bonds. The van der Waals surface area contributed by atoms with Crippen molar-refractivity contribution in [1.29, 1.82) is 0 Å². The van der Waals surface area contributed by atoms with E-state index >= 15 is 0 Å². The largest absolute Gasteiger partial charge is 0.361 e. The van der Waals surface area contributed by atoms with Gasteiger partial charge in [0.25, 0.3) is 0 Å². The number of carbonyl (C=O) groups excluding carboxylic acids is 1. The zero-order valence-corrected chi connectivity index (χ0v) is 18.9. The van der Waals surface area contributed by atoms with Crippen molar-refractivity contribution in [3.63, 3.8) is 0 Å². The lowest BCUT2D eigenvalue weighted by atomic mass is 10.1. The quantitative estimate of drug-likeness (QED) is 0.374. The normalized spacial score (nSPS) is 10.7. The van der Waals surface area contributed by atoms with E-state index in [-0.39, 0.29) is 12.3 Å². The second kappa shape index (κ2) is 9.47. The highest BCUT2D eigenvalue weighted by Crippen LogP contribution is 2.22. The topological polar surface area (TPSA) is 118 Å². The number of aryl methyl sites for hydroxylation is 4. The first-order chi connectivity index (χ1) is 15.9.